The highest BCUT2D eigenvalue weighted by Crippen LogP contribution is 2.42. The van der Waals surface area contributed by atoms with Gasteiger partial charge in [-0.2, -0.15) is 0 Å². The molecule has 5 nitrogen and oxygen atoms in total. The van der Waals surface area contributed by atoms with E-state index in [9.17, 15) is 9.90 Å². The molecule has 0 radical (unpaired) electrons. The molecule has 0 saturated heterocycles. The largest absolute Gasteiger partial charge is 0.497 e. The highest BCUT2D eigenvalue weighted by Gasteiger charge is 2.21. The number of carboxylic acid groups (broad SMARTS) is 1. The summed E-state index contributed by atoms with van der Waals surface area (Å²) in [5.74, 6) is -0.286. The molecule has 130 valence electrons. The van der Waals surface area contributed by atoms with Crippen LogP contribution in [0.5, 0.6) is 5.75 Å². The quantitative estimate of drug-likeness (QED) is 0.520. The minimum atomic E-state index is -1.04. The third-order valence-corrected chi connectivity index (χ3v) is 6.05. The number of pyridine rings is 1. The van der Waals surface area contributed by atoms with Crippen molar-refractivity contribution in [1.82, 2.24) is 4.98 Å². The van der Waals surface area contributed by atoms with E-state index < -0.39 is 5.97 Å². The number of hydrogen-bond acceptors (Lipinski definition) is 6. The van der Waals surface area contributed by atoms with Crippen molar-refractivity contribution in [2.24, 2.45) is 0 Å². The van der Waals surface area contributed by atoms with Crippen molar-refractivity contribution in [3.8, 4) is 27.4 Å². The fraction of sp³-hybridized carbons (Fsp3) is 0.0526. The van der Waals surface area contributed by atoms with Crippen molar-refractivity contribution in [3.63, 3.8) is 0 Å². The second-order valence-electron chi connectivity index (χ2n) is 5.59. The number of rotatable bonds is 4. The molecule has 3 aromatic heterocycles. The lowest BCUT2D eigenvalue weighted by molar-refractivity contribution is 0.0703. The Kier molecular flexibility index (Phi) is 4.10. The van der Waals surface area contributed by atoms with E-state index in [0.717, 1.165) is 38.8 Å². The topological polar surface area (TPSA) is 85.4 Å². The Labute approximate surface area is 157 Å². The van der Waals surface area contributed by atoms with Gasteiger partial charge in [-0.3, -0.25) is 0 Å². The van der Waals surface area contributed by atoms with E-state index in [0.29, 0.717) is 10.2 Å². The number of nitrogen functional groups attached to an aromatic ring is 1. The number of anilines is 1. The summed E-state index contributed by atoms with van der Waals surface area (Å²) in [6.07, 6.45) is 0. The lowest BCUT2D eigenvalue weighted by Gasteiger charge is -2.08. The number of nitrogens with zero attached hydrogens (tertiary/aromatic N) is 1. The van der Waals surface area contributed by atoms with Gasteiger partial charge in [0.2, 0.25) is 0 Å². The molecule has 7 heteroatoms. The Morgan fingerprint density at radius 3 is 2.62 bits per heavy atom. The summed E-state index contributed by atoms with van der Waals surface area (Å²) in [7, 11) is 1.62. The summed E-state index contributed by atoms with van der Waals surface area (Å²) in [5, 5.41) is 12.1. The van der Waals surface area contributed by atoms with Crippen molar-refractivity contribution >= 4 is 44.5 Å². The van der Waals surface area contributed by atoms with Crippen LogP contribution in [-0.2, 0) is 0 Å². The fourth-order valence-corrected chi connectivity index (χ4v) is 4.47. The maximum absolute atomic E-state index is 11.5. The highest BCUT2D eigenvalue weighted by molar-refractivity contribution is 7.21. The number of aromatic nitrogens is 1. The van der Waals surface area contributed by atoms with E-state index in [1.54, 1.807) is 18.4 Å². The van der Waals surface area contributed by atoms with Gasteiger partial charge in [0.1, 0.15) is 15.5 Å². The monoisotopic (exact) mass is 382 g/mol. The van der Waals surface area contributed by atoms with Crippen LogP contribution in [0, 0.1) is 0 Å². The van der Waals surface area contributed by atoms with Crippen molar-refractivity contribution in [1.29, 1.82) is 0 Å². The molecule has 0 aliphatic rings. The first-order valence-electron chi connectivity index (χ1n) is 7.73. The van der Waals surface area contributed by atoms with Gasteiger partial charge in [-0.05, 0) is 40.8 Å². The maximum Gasteiger partial charge on any atom is 0.348 e. The standard InChI is InChI=1S/C19H14N2O3S2/c1-24-11-6-4-10(5-7-11)12-9-13(14-3-2-8-25-14)21-18-15(12)16(20)17(26-18)19(22)23/h2-9H,20H2,1H3,(H,22,23). The van der Waals surface area contributed by atoms with Crippen LogP contribution in [0.25, 0.3) is 31.9 Å². The van der Waals surface area contributed by atoms with Crippen LogP contribution in [0.2, 0.25) is 0 Å². The first-order chi connectivity index (χ1) is 12.6. The fourth-order valence-electron chi connectivity index (χ4n) is 2.83. The molecule has 0 aliphatic carbocycles. The number of nitrogens with two attached hydrogens (primary N) is 1. The highest BCUT2D eigenvalue weighted by atomic mass is 32.1. The summed E-state index contributed by atoms with van der Waals surface area (Å²) in [6, 6.07) is 13.5. The minimum Gasteiger partial charge on any atom is -0.497 e. The van der Waals surface area contributed by atoms with Crippen molar-refractivity contribution in [2.45, 2.75) is 0 Å². The summed E-state index contributed by atoms with van der Waals surface area (Å²) in [4.78, 5) is 17.9. The van der Waals surface area contributed by atoms with Crippen LogP contribution in [0.3, 0.4) is 0 Å². The van der Waals surface area contributed by atoms with Gasteiger partial charge in [-0.25, -0.2) is 9.78 Å². The number of ether oxygens (including phenoxy) is 1. The van der Waals surface area contributed by atoms with Crippen molar-refractivity contribution in [3.05, 3.63) is 52.7 Å². The zero-order valence-electron chi connectivity index (χ0n) is 13.7. The Hall–Kier alpha value is -2.90. The molecule has 4 rings (SSSR count). The van der Waals surface area contributed by atoms with Gasteiger partial charge in [-0.15, -0.1) is 22.7 Å². The number of aromatic carboxylic acids is 1. The van der Waals surface area contributed by atoms with Crippen LogP contribution in [0.1, 0.15) is 9.67 Å². The number of carbonyl (C=O) groups is 1. The zero-order valence-corrected chi connectivity index (χ0v) is 15.4. The molecule has 0 amide bonds. The minimum absolute atomic E-state index is 0.116. The number of methoxy groups -OCH3 is 1. The second-order valence-corrected chi connectivity index (χ2v) is 7.54. The van der Waals surface area contributed by atoms with Gasteiger partial charge in [-0.1, -0.05) is 18.2 Å². The maximum atomic E-state index is 11.5. The molecule has 4 aromatic rings. The normalized spacial score (nSPS) is 11.0. The van der Waals surface area contributed by atoms with Crippen molar-refractivity contribution in [2.75, 3.05) is 12.8 Å². The van der Waals surface area contributed by atoms with Crippen LogP contribution in [-0.4, -0.2) is 23.2 Å². The van der Waals surface area contributed by atoms with E-state index in [1.165, 1.54) is 0 Å². The van der Waals surface area contributed by atoms with Gasteiger partial charge in [0.25, 0.3) is 0 Å². The molecule has 0 fully saturated rings. The number of thiophene rings is 2. The summed E-state index contributed by atoms with van der Waals surface area (Å²) >= 11 is 2.69. The molecular formula is C19H14N2O3S2. The van der Waals surface area contributed by atoms with E-state index in [-0.39, 0.29) is 10.6 Å². The molecule has 0 unspecified atom stereocenters. The second kappa shape index (κ2) is 6.44. The Bertz CT molecular complexity index is 1100. The smallest absolute Gasteiger partial charge is 0.348 e. The molecule has 0 saturated carbocycles. The number of benzene rings is 1. The van der Waals surface area contributed by atoms with Gasteiger partial charge in [0, 0.05) is 5.39 Å². The van der Waals surface area contributed by atoms with Gasteiger partial charge in [0.05, 0.1) is 23.4 Å². The lowest BCUT2D eigenvalue weighted by atomic mass is 10.0. The molecular weight excluding hydrogens is 368 g/mol. The van der Waals surface area contributed by atoms with Crippen molar-refractivity contribution < 1.29 is 14.6 Å². The predicted octanol–water partition coefficient (Wildman–Crippen LogP) is 4.98. The molecule has 3 heterocycles. The van der Waals surface area contributed by atoms with E-state index in [1.807, 2.05) is 47.8 Å². The van der Waals surface area contributed by atoms with Crippen LogP contribution < -0.4 is 10.5 Å². The van der Waals surface area contributed by atoms with E-state index in [2.05, 4.69) is 4.98 Å². The van der Waals surface area contributed by atoms with Crippen LogP contribution in [0.4, 0.5) is 5.69 Å². The first-order valence-corrected chi connectivity index (χ1v) is 9.42. The van der Waals surface area contributed by atoms with Crippen LogP contribution >= 0.6 is 22.7 Å². The third kappa shape index (κ3) is 2.71. The molecule has 26 heavy (non-hydrogen) atoms. The van der Waals surface area contributed by atoms with Gasteiger partial charge in [0.15, 0.2) is 0 Å². The molecule has 0 spiro atoms. The third-order valence-electron chi connectivity index (χ3n) is 4.07. The number of carboxylic acids is 1. The molecule has 1 aromatic carbocycles. The first kappa shape index (κ1) is 16.6. The van der Waals surface area contributed by atoms with E-state index in [4.69, 9.17) is 10.5 Å². The zero-order chi connectivity index (χ0) is 18.3. The summed E-state index contributed by atoms with van der Waals surface area (Å²) in [5.41, 5.74) is 9.02. The Morgan fingerprint density at radius 2 is 2.00 bits per heavy atom. The molecule has 3 N–H and O–H groups in total. The number of fused-ring (bicyclic) bond motifs is 1. The molecule has 0 atom stereocenters. The average molecular weight is 382 g/mol. The molecule has 0 aliphatic heterocycles. The summed E-state index contributed by atoms with van der Waals surface area (Å²) in [6.45, 7) is 0. The predicted molar refractivity (Wildman–Crippen MR) is 106 cm³/mol. The Morgan fingerprint density at radius 1 is 1.23 bits per heavy atom. The summed E-state index contributed by atoms with van der Waals surface area (Å²) < 4.78 is 5.22. The van der Waals surface area contributed by atoms with Gasteiger partial charge >= 0.3 is 5.97 Å². The molecule has 0 bridgehead atoms. The van der Waals surface area contributed by atoms with Gasteiger partial charge < -0.3 is 15.6 Å². The number of hydrogen-bond donors (Lipinski definition) is 2. The lowest BCUT2D eigenvalue weighted by Crippen LogP contribution is -1.97. The average Bonchev–Trinajstić information content (AvgIpc) is 3.29. The van der Waals surface area contributed by atoms with Crippen LogP contribution in [0.15, 0.2) is 47.8 Å². The Balaban J connectivity index is 2.02. The SMILES string of the molecule is COc1ccc(-c2cc(-c3cccs3)nc3sc(C(=O)O)c(N)c23)cc1. The van der Waals surface area contributed by atoms with E-state index >= 15 is 0 Å².